The first-order chi connectivity index (χ1) is 5.22. The second-order valence-corrected chi connectivity index (χ2v) is 3.58. The van der Waals surface area contributed by atoms with Gasteiger partial charge in [0.05, 0.1) is 13.2 Å². The molecule has 12 heavy (non-hydrogen) atoms. The van der Waals surface area contributed by atoms with Crippen molar-refractivity contribution in [2.24, 2.45) is 5.41 Å². The highest BCUT2D eigenvalue weighted by atomic mass is 32.1. The Hall–Kier alpha value is 0.0100. The molecule has 0 saturated carbocycles. The molecule has 2 nitrogen and oxygen atoms in total. The number of hydrogen-bond acceptors (Lipinski definition) is 2. The standard InChI is InChI=1S/C9H16O2.S/c1-8-3-2-4-9(5-8,6-10)7-11;/h3,10-11H,2,4-7H2,1H3;. The van der Waals surface area contributed by atoms with Crippen LogP contribution in [0.1, 0.15) is 26.2 Å². The Morgan fingerprint density at radius 2 is 2.00 bits per heavy atom. The molecular weight excluding hydrogens is 172 g/mol. The number of aliphatic hydroxyl groups excluding tert-OH is 2. The van der Waals surface area contributed by atoms with Crippen LogP contribution in [-0.4, -0.2) is 23.4 Å². The van der Waals surface area contributed by atoms with Crippen molar-refractivity contribution in [1.29, 1.82) is 0 Å². The summed E-state index contributed by atoms with van der Waals surface area (Å²) in [4.78, 5) is 0. The minimum Gasteiger partial charge on any atom is -0.396 e. The highest BCUT2D eigenvalue weighted by Gasteiger charge is 2.30. The van der Waals surface area contributed by atoms with E-state index in [0.29, 0.717) is 0 Å². The Morgan fingerprint density at radius 3 is 2.33 bits per heavy atom. The predicted molar refractivity (Wildman–Crippen MR) is 51.8 cm³/mol. The lowest BCUT2D eigenvalue weighted by Gasteiger charge is -2.32. The molecule has 0 spiro atoms. The van der Waals surface area contributed by atoms with Crippen molar-refractivity contribution in [1.82, 2.24) is 0 Å². The molecule has 0 aliphatic heterocycles. The van der Waals surface area contributed by atoms with Crippen LogP contribution in [0.2, 0.25) is 0 Å². The fraction of sp³-hybridized carbons (Fsp3) is 0.778. The maximum atomic E-state index is 9.07. The van der Waals surface area contributed by atoms with Crippen molar-refractivity contribution in [2.45, 2.75) is 26.2 Å². The molecule has 0 saturated heterocycles. The fourth-order valence-electron chi connectivity index (χ4n) is 1.70. The van der Waals surface area contributed by atoms with Gasteiger partial charge in [-0.1, -0.05) is 11.6 Å². The molecule has 1 rings (SSSR count). The van der Waals surface area contributed by atoms with Gasteiger partial charge in [-0.3, -0.25) is 0 Å². The first-order valence-electron chi connectivity index (χ1n) is 4.10. The maximum absolute atomic E-state index is 9.07. The van der Waals surface area contributed by atoms with E-state index in [9.17, 15) is 0 Å². The van der Waals surface area contributed by atoms with Gasteiger partial charge in [-0.25, -0.2) is 0 Å². The maximum Gasteiger partial charge on any atom is 0.0512 e. The third-order valence-corrected chi connectivity index (χ3v) is 2.49. The minimum absolute atomic E-state index is 0. The van der Waals surface area contributed by atoms with E-state index in [-0.39, 0.29) is 32.1 Å². The smallest absolute Gasteiger partial charge is 0.0512 e. The van der Waals surface area contributed by atoms with Crippen molar-refractivity contribution in [3.05, 3.63) is 11.6 Å². The van der Waals surface area contributed by atoms with E-state index in [4.69, 9.17) is 10.2 Å². The summed E-state index contributed by atoms with van der Waals surface area (Å²) in [5, 5.41) is 18.1. The number of rotatable bonds is 2. The van der Waals surface area contributed by atoms with E-state index >= 15 is 0 Å². The third-order valence-electron chi connectivity index (χ3n) is 2.49. The van der Waals surface area contributed by atoms with E-state index in [0.717, 1.165) is 19.3 Å². The molecule has 0 aromatic rings. The Kier molecular flexibility index (Phi) is 4.90. The summed E-state index contributed by atoms with van der Waals surface area (Å²) in [6, 6.07) is 0. The molecule has 0 aromatic carbocycles. The van der Waals surface area contributed by atoms with Crippen molar-refractivity contribution in [3.8, 4) is 0 Å². The molecule has 0 bridgehead atoms. The van der Waals surface area contributed by atoms with Crippen LogP contribution in [0.5, 0.6) is 0 Å². The van der Waals surface area contributed by atoms with E-state index in [1.54, 1.807) is 0 Å². The molecule has 70 valence electrons. The summed E-state index contributed by atoms with van der Waals surface area (Å²) in [5.41, 5.74) is 1.07. The summed E-state index contributed by atoms with van der Waals surface area (Å²) in [5.74, 6) is 0. The summed E-state index contributed by atoms with van der Waals surface area (Å²) < 4.78 is 0. The Bertz CT molecular complexity index is 162. The van der Waals surface area contributed by atoms with Crippen LogP contribution < -0.4 is 0 Å². The van der Waals surface area contributed by atoms with Crippen molar-refractivity contribution < 1.29 is 10.2 Å². The van der Waals surface area contributed by atoms with Crippen LogP contribution >= 0.6 is 13.5 Å². The lowest BCUT2D eigenvalue weighted by Crippen LogP contribution is -2.31. The molecule has 3 heteroatoms. The van der Waals surface area contributed by atoms with E-state index in [1.165, 1.54) is 5.57 Å². The quantitative estimate of drug-likeness (QED) is 0.648. The summed E-state index contributed by atoms with van der Waals surface area (Å²) in [6.07, 6.45) is 4.94. The van der Waals surface area contributed by atoms with Crippen molar-refractivity contribution >= 4 is 13.5 Å². The predicted octanol–water partition coefficient (Wildman–Crippen LogP) is 1.74. The molecule has 0 amide bonds. The van der Waals surface area contributed by atoms with Crippen LogP contribution in [-0.2, 0) is 0 Å². The topological polar surface area (TPSA) is 40.5 Å². The van der Waals surface area contributed by atoms with Crippen molar-refractivity contribution in [3.63, 3.8) is 0 Å². The molecule has 2 radical (unpaired) electrons. The van der Waals surface area contributed by atoms with Gasteiger partial charge in [-0.15, -0.1) is 0 Å². The second kappa shape index (κ2) is 4.90. The average molecular weight is 188 g/mol. The Labute approximate surface area is 80.7 Å². The van der Waals surface area contributed by atoms with E-state index < -0.39 is 0 Å². The van der Waals surface area contributed by atoms with Gasteiger partial charge < -0.3 is 10.2 Å². The summed E-state index contributed by atoms with van der Waals surface area (Å²) in [7, 11) is 0. The van der Waals surface area contributed by atoms with Gasteiger partial charge in [0.25, 0.3) is 0 Å². The van der Waals surface area contributed by atoms with Gasteiger partial charge in [-0.05, 0) is 26.2 Å². The highest BCUT2D eigenvalue weighted by molar-refractivity contribution is 7.59. The van der Waals surface area contributed by atoms with Gasteiger partial charge in [0.15, 0.2) is 0 Å². The zero-order chi connectivity index (χ0) is 8.32. The van der Waals surface area contributed by atoms with Crippen LogP contribution in [0.4, 0.5) is 0 Å². The minimum atomic E-state index is -0.223. The molecule has 0 atom stereocenters. The van der Waals surface area contributed by atoms with Gasteiger partial charge >= 0.3 is 0 Å². The second-order valence-electron chi connectivity index (χ2n) is 3.58. The largest absolute Gasteiger partial charge is 0.396 e. The zero-order valence-electron chi connectivity index (χ0n) is 7.42. The molecule has 0 aromatic heterocycles. The van der Waals surface area contributed by atoms with E-state index in [1.807, 2.05) is 0 Å². The van der Waals surface area contributed by atoms with Gasteiger partial charge in [-0.2, -0.15) is 0 Å². The lowest BCUT2D eigenvalue weighted by molar-refractivity contribution is 0.0443. The van der Waals surface area contributed by atoms with Crippen LogP contribution in [0.15, 0.2) is 11.6 Å². The van der Waals surface area contributed by atoms with Gasteiger partial charge in [0, 0.05) is 18.9 Å². The van der Waals surface area contributed by atoms with Crippen LogP contribution in [0, 0.1) is 5.41 Å². The molecule has 2 N–H and O–H groups in total. The fourth-order valence-corrected chi connectivity index (χ4v) is 1.70. The van der Waals surface area contributed by atoms with Gasteiger partial charge in [0.1, 0.15) is 0 Å². The van der Waals surface area contributed by atoms with Crippen LogP contribution in [0.25, 0.3) is 0 Å². The molecule has 0 unspecified atom stereocenters. The summed E-state index contributed by atoms with van der Waals surface area (Å²) >= 11 is 0. The average Bonchev–Trinajstić information content (AvgIpc) is 2.04. The number of hydrogen-bond donors (Lipinski definition) is 2. The molecule has 0 fully saturated rings. The highest BCUT2D eigenvalue weighted by Crippen LogP contribution is 2.34. The van der Waals surface area contributed by atoms with Crippen LogP contribution in [0.3, 0.4) is 0 Å². The normalized spacial score (nSPS) is 21.1. The lowest BCUT2D eigenvalue weighted by atomic mass is 9.76. The first-order valence-corrected chi connectivity index (χ1v) is 4.10. The van der Waals surface area contributed by atoms with E-state index in [2.05, 4.69) is 13.0 Å². The first kappa shape index (κ1) is 12.0. The Morgan fingerprint density at radius 1 is 1.42 bits per heavy atom. The van der Waals surface area contributed by atoms with Gasteiger partial charge in [0.2, 0.25) is 0 Å². The third kappa shape index (κ3) is 2.51. The molecular formula is C9H16O2S. The molecule has 1 aliphatic rings. The SMILES string of the molecule is CC1=CCCC(CO)(CO)C1.[S]. The Balaban J connectivity index is 0.00000121. The zero-order valence-corrected chi connectivity index (χ0v) is 8.23. The monoisotopic (exact) mass is 188 g/mol. The number of aliphatic hydroxyl groups is 2. The molecule has 0 heterocycles. The van der Waals surface area contributed by atoms with Crippen molar-refractivity contribution in [2.75, 3.05) is 13.2 Å². The molecule has 1 aliphatic carbocycles. The summed E-state index contributed by atoms with van der Waals surface area (Å²) in [6.45, 7) is 2.27. The number of allylic oxidation sites excluding steroid dienone is 2.